The molecule has 7 nitrogen and oxygen atoms in total. The summed E-state index contributed by atoms with van der Waals surface area (Å²) < 4.78 is 27.2. The predicted molar refractivity (Wildman–Crippen MR) is 80.8 cm³/mol. The van der Waals surface area contributed by atoms with E-state index in [2.05, 4.69) is 10.3 Å². The molecule has 8 heteroatoms. The third-order valence-electron chi connectivity index (χ3n) is 4.25. The van der Waals surface area contributed by atoms with E-state index in [1.807, 2.05) is 0 Å². The fourth-order valence-corrected chi connectivity index (χ4v) is 3.68. The summed E-state index contributed by atoms with van der Waals surface area (Å²) >= 11 is 0. The third kappa shape index (κ3) is 2.93. The second-order valence-corrected chi connectivity index (χ2v) is 7.77. The molecule has 1 aromatic rings. The first-order chi connectivity index (χ1) is 10.4. The van der Waals surface area contributed by atoms with Gasteiger partial charge in [0.05, 0.1) is 11.9 Å². The Bertz CT molecular complexity index is 662. The van der Waals surface area contributed by atoms with Crippen LogP contribution in [0.15, 0.2) is 18.3 Å². The van der Waals surface area contributed by atoms with Gasteiger partial charge in [0.1, 0.15) is 6.10 Å². The van der Waals surface area contributed by atoms with Crippen molar-refractivity contribution in [3.05, 3.63) is 18.3 Å². The van der Waals surface area contributed by atoms with Gasteiger partial charge < -0.3 is 10.1 Å². The monoisotopic (exact) mass is 325 g/mol. The van der Waals surface area contributed by atoms with E-state index in [-0.39, 0.29) is 18.9 Å². The lowest BCUT2D eigenvalue weighted by Crippen LogP contribution is -2.41. The second-order valence-electron chi connectivity index (χ2n) is 5.90. The number of hydrogen-bond acceptors (Lipinski definition) is 5. The molecular formula is C14H19N3O4S. The van der Waals surface area contributed by atoms with E-state index in [9.17, 15) is 13.2 Å². The molecule has 0 saturated heterocycles. The molecule has 1 amide bonds. The maximum Gasteiger partial charge on any atom is 0.247 e. The van der Waals surface area contributed by atoms with Gasteiger partial charge in [-0.2, -0.15) is 0 Å². The van der Waals surface area contributed by atoms with E-state index >= 15 is 0 Å². The Hall–Kier alpha value is -1.67. The van der Waals surface area contributed by atoms with Gasteiger partial charge in [-0.05, 0) is 44.6 Å². The fourth-order valence-electron chi connectivity index (χ4n) is 2.70. The van der Waals surface area contributed by atoms with Crippen LogP contribution < -0.4 is 15.2 Å². The summed E-state index contributed by atoms with van der Waals surface area (Å²) in [6.07, 6.45) is 6.62. The maximum atomic E-state index is 12.1. The van der Waals surface area contributed by atoms with E-state index in [0.717, 1.165) is 12.8 Å². The first-order valence-corrected chi connectivity index (χ1v) is 8.92. The molecule has 0 aliphatic heterocycles. The second kappa shape index (κ2) is 5.51. The number of aromatic nitrogens is 1. The number of rotatable bonds is 5. The van der Waals surface area contributed by atoms with Crippen LogP contribution in [0, 0.1) is 0 Å². The van der Waals surface area contributed by atoms with Crippen molar-refractivity contribution in [3.8, 4) is 5.88 Å². The van der Waals surface area contributed by atoms with E-state index in [1.54, 1.807) is 12.1 Å². The molecule has 120 valence electrons. The van der Waals surface area contributed by atoms with Crippen molar-refractivity contribution in [2.24, 2.45) is 5.14 Å². The molecule has 0 radical (unpaired) electrons. The van der Waals surface area contributed by atoms with E-state index in [0.29, 0.717) is 11.6 Å². The van der Waals surface area contributed by atoms with Gasteiger partial charge in [-0.15, -0.1) is 0 Å². The van der Waals surface area contributed by atoms with Crippen LogP contribution in [0.3, 0.4) is 0 Å². The van der Waals surface area contributed by atoms with Crippen LogP contribution in [-0.2, 0) is 14.8 Å². The number of amides is 1. The number of nitrogens with zero attached hydrogens (tertiary/aromatic N) is 1. The Morgan fingerprint density at radius 3 is 2.50 bits per heavy atom. The number of primary sulfonamides is 1. The van der Waals surface area contributed by atoms with Crippen LogP contribution in [-0.4, -0.2) is 30.2 Å². The number of nitrogens with one attached hydrogen (secondary N) is 1. The third-order valence-corrected chi connectivity index (χ3v) is 5.93. The number of carbonyl (C=O) groups excluding carboxylic acids is 1. The summed E-state index contributed by atoms with van der Waals surface area (Å²) in [6, 6.07) is 3.32. The molecular weight excluding hydrogens is 306 g/mol. The van der Waals surface area contributed by atoms with Crippen molar-refractivity contribution < 1.29 is 17.9 Å². The standard InChI is InChI=1S/C14H19N3O4S/c15-22(19,20)14(7-8-14)13(18)17-10-5-6-12(16-9-10)21-11-3-1-2-4-11/h5-6,9,11H,1-4,7-8H2,(H,17,18)(H2,15,19,20). The molecule has 1 aromatic heterocycles. The Balaban J connectivity index is 1.63. The van der Waals surface area contributed by atoms with Crippen molar-refractivity contribution in [1.29, 1.82) is 0 Å². The highest BCUT2D eigenvalue weighted by molar-refractivity contribution is 7.91. The number of carbonyl (C=O) groups is 1. The summed E-state index contributed by atoms with van der Waals surface area (Å²) in [5, 5.41) is 7.68. The minimum absolute atomic E-state index is 0.213. The van der Waals surface area contributed by atoms with Crippen molar-refractivity contribution in [2.45, 2.75) is 49.4 Å². The highest BCUT2D eigenvalue weighted by atomic mass is 32.2. The Morgan fingerprint density at radius 2 is 2.00 bits per heavy atom. The molecule has 2 aliphatic carbocycles. The van der Waals surface area contributed by atoms with E-state index < -0.39 is 20.7 Å². The highest BCUT2D eigenvalue weighted by Gasteiger charge is 2.59. The highest BCUT2D eigenvalue weighted by Crippen LogP contribution is 2.43. The van der Waals surface area contributed by atoms with Crippen LogP contribution in [0.1, 0.15) is 38.5 Å². The summed E-state index contributed by atoms with van der Waals surface area (Å²) in [5.41, 5.74) is 0.429. The molecule has 3 rings (SSSR count). The van der Waals surface area contributed by atoms with Gasteiger partial charge in [0.2, 0.25) is 21.8 Å². The largest absolute Gasteiger partial charge is 0.474 e. The smallest absolute Gasteiger partial charge is 0.247 e. The number of anilines is 1. The molecule has 0 aromatic carbocycles. The minimum Gasteiger partial charge on any atom is -0.474 e. The van der Waals surface area contributed by atoms with E-state index in [1.165, 1.54) is 19.0 Å². The number of sulfonamides is 1. The van der Waals surface area contributed by atoms with Crippen molar-refractivity contribution >= 4 is 21.6 Å². The van der Waals surface area contributed by atoms with Crippen molar-refractivity contribution in [1.82, 2.24) is 4.98 Å². The van der Waals surface area contributed by atoms with Crippen molar-refractivity contribution in [2.75, 3.05) is 5.32 Å². The molecule has 1 heterocycles. The SMILES string of the molecule is NS(=O)(=O)C1(C(=O)Nc2ccc(OC3CCCC3)nc2)CC1. The molecule has 0 bridgehead atoms. The summed E-state index contributed by atoms with van der Waals surface area (Å²) in [6.45, 7) is 0. The van der Waals surface area contributed by atoms with Gasteiger partial charge in [0.15, 0.2) is 4.75 Å². The molecule has 2 aliphatic rings. The van der Waals surface area contributed by atoms with Crippen LogP contribution in [0.2, 0.25) is 0 Å². The lowest BCUT2D eigenvalue weighted by Gasteiger charge is -2.14. The normalized spacial score (nSPS) is 20.6. The number of hydrogen-bond donors (Lipinski definition) is 2. The van der Waals surface area contributed by atoms with Crippen LogP contribution in [0.25, 0.3) is 0 Å². The zero-order valence-corrected chi connectivity index (χ0v) is 12.9. The van der Waals surface area contributed by atoms with Gasteiger partial charge in [-0.3, -0.25) is 4.79 Å². The molecule has 0 atom stereocenters. The topological polar surface area (TPSA) is 111 Å². The van der Waals surface area contributed by atoms with Gasteiger partial charge in [0, 0.05) is 6.07 Å². The average Bonchev–Trinajstić information content (AvgIpc) is 3.15. The van der Waals surface area contributed by atoms with Crippen LogP contribution in [0.5, 0.6) is 5.88 Å². The number of ether oxygens (including phenoxy) is 1. The molecule has 0 unspecified atom stereocenters. The lowest BCUT2D eigenvalue weighted by atomic mass is 10.3. The summed E-state index contributed by atoms with van der Waals surface area (Å²) in [7, 11) is -3.89. The molecule has 22 heavy (non-hydrogen) atoms. The first kappa shape index (κ1) is 15.2. The van der Waals surface area contributed by atoms with Gasteiger partial charge in [-0.25, -0.2) is 18.5 Å². The predicted octanol–water partition coefficient (Wildman–Crippen LogP) is 1.16. The van der Waals surface area contributed by atoms with Gasteiger partial charge in [-0.1, -0.05) is 0 Å². The molecule has 0 spiro atoms. The summed E-state index contributed by atoms with van der Waals surface area (Å²) in [5.74, 6) is -0.0845. The molecule has 3 N–H and O–H groups in total. The lowest BCUT2D eigenvalue weighted by molar-refractivity contribution is -0.116. The Labute approximate surface area is 129 Å². The molecule has 2 fully saturated rings. The van der Waals surface area contributed by atoms with Crippen LogP contribution >= 0.6 is 0 Å². The van der Waals surface area contributed by atoms with E-state index in [4.69, 9.17) is 9.88 Å². The summed E-state index contributed by atoms with van der Waals surface area (Å²) in [4.78, 5) is 16.2. The molecule has 2 saturated carbocycles. The zero-order valence-electron chi connectivity index (χ0n) is 12.1. The minimum atomic E-state index is -3.89. The number of nitrogens with two attached hydrogens (primary N) is 1. The zero-order chi connectivity index (χ0) is 15.8. The van der Waals surface area contributed by atoms with Crippen molar-refractivity contribution in [3.63, 3.8) is 0 Å². The first-order valence-electron chi connectivity index (χ1n) is 7.37. The van der Waals surface area contributed by atoms with Crippen LogP contribution in [0.4, 0.5) is 5.69 Å². The Morgan fingerprint density at radius 1 is 1.32 bits per heavy atom. The van der Waals surface area contributed by atoms with Gasteiger partial charge >= 0.3 is 0 Å². The van der Waals surface area contributed by atoms with Gasteiger partial charge in [0.25, 0.3) is 0 Å². The maximum absolute atomic E-state index is 12.1. The Kier molecular flexibility index (Phi) is 3.82. The quantitative estimate of drug-likeness (QED) is 0.844. The number of pyridine rings is 1. The average molecular weight is 325 g/mol. The fraction of sp³-hybridized carbons (Fsp3) is 0.571.